The fraction of sp³-hybridized carbons (Fsp3) is 1.00. The third-order valence-electron chi connectivity index (χ3n) is 3.99. The molecule has 1 fully saturated rings. The number of aliphatic hydroxyl groups is 1. The summed E-state index contributed by atoms with van der Waals surface area (Å²) in [5.74, 6) is 0.375. The molecule has 1 heterocycles. The first kappa shape index (κ1) is 12.0. The molecule has 3 nitrogen and oxygen atoms in total. The van der Waals surface area contributed by atoms with Gasteiger partial charge in [-0.05, 0) is 26.2 Å². The second kappa shape index (κ2) is 4.17. The maximum atomic E-state index is 9.73. The molecule has 0 aromatic rings. The molecule has 0 aromatic heterocycles. The van der Waals surface area contributed by atoms with E-state index >= 15 is 0 Å². The Balaban J connectivity index is 2.72. The van der Waals surface area contributed by atoms with Crippen LogP contribution in [0, 0.1) is 5.92 Å². The monoisotopic (exact) mass is 200 g/mol. The zero-order valence-electron chi connectivity index (χ0n) is 9.83. The van der Waals surface area contributed by atoms with E-state index in [4.69, 9.17) is 5.73 Å². The quantitative estimate of drug-likeness (QED) is 0.709. The van der Waals surface area contributed by atoms with Crippen LogP contribution in [0.2, 0.25) is 0 Å². The number of nitrogens with zero attached hydrogens (tertiary/aromatic N) is 1. The van der Waals surface area contributed by atoms with Crippen molar-refractivity contribution in [1.82, 2.24) is 4.90 Å². The van der Waals surface area contributed by atoms with Gasteiger partial charge in [-0.25, -0.2) is 0 Å². The normalized spacial score (nSPS) is 35.6. The number of hydrogen-bond donors (Lipinski definition) is 2. The Bertz CT molecular complexity index is 186. The highest BCUT2D eigenvalue weighted by molar-refractivity contribution is 4.97. The molecule has 3 heteroatoms. The minimum absolute atomic E-state index is 0.0335. The summed E-state index contributed by atoms with van der Waals surface area (Å²) in [4.78, 5) is 2.34. The Kier molecular flexibility index (Phi) is 3.56. The average molecular weight is 200 g/mol. The van der Waals surface area contributed by atoms with Gasteiger partial charge < -0.3 is 10.8 Å². The van der Waals surface area contributed by atoms with Crippen LogP contribution in [-0.4, -0.2) is 40.8 Å². The van der Waals surface area contributed by atoms with Crippen molar-refractivity contribution in [1.29, 1.82) is 0 Å². The number of rotatable bonds is 3. The molecule has 3 N–H and O–H groups in total. The molecule has 0 saturated carbocycles. The van der Waals surface area contributed by atoms with E-state index < -0.39 is 0 Å². The average Bonchev–Trinajstić information content (AvgIpc) is 2.45. The predicted octanol–water partition coefficient (Wildman–Crippen LogP) is 0.815. The fourth-order valence-corrected chi connectivity index (χ4v) is 2.20. The van der Waals surface area contributed by atoms with Crippen molar-refractivity contribution in [3.05, 3.63) is 0 Å². The lowest BCUT2D eigenvalue weighted by Crippen LogP contribution is -2.56. The van der Waals surface area contributed by atoms with Crippen LogP contribution >= 0.6 is 0 Å². The largest absolute Gasteiger partial charge is 0.391 e. The highest BCUT2D eigenvalue weighted by Crippen LogP contribution is 2.29. The summed E-state index contributed by atoms with van der Waals surface area (Å²) in [5, 5.41) is 9.73. The van der Waals surface area contributed by atoms with Crippen LogP contribution < -0.4 is 5.73 Å². The molecule has 0 bridgehead atoms. The van der Waals surface area contributed by atoms with Crippen molar-refractivity contribution in [2.24, 2.45) is 11.7 Å². The van der Waals surface area contributed by atoms with Gasteiger partial charge in [0.05, 0.1) is 6.10 Å². The number of aliphatic hydroxyl groups excluding tert-OH is 1. The predicted molar refractivity (Wildman–Crippen MR) is 59.1 cm³/mol. The van der Waals surface area contributed by atoms with E-state index in [0.717, 1.165) is 19.5 Å². The number of hydrogen-bond acceptors (Lipinski definition) is 3. The lowest BCUT2D eigenvalue weighted by Gasteiger charge is -2.41. The molecule has 84 valence electrons. The molecule has 0 aromatic carbocycles. The molecule has 0 aliphatic carbocycles. The minimum Gasteiger partial charge on any atom is -0.391 e. The number of likely N-dealkylation sites (tertiary alicyclic amines) is 1. The maximum Gasteiger partial charge on any atom is 0.0705 e. The van der Waals surface area contributed by atoms with Gasteiger partial charge in [-0.1, -0.05) is 13.8 Å². The fourth-order valence-electron chi connectivity index (χ4n) is 2.20. The summed E-state index contributed by atoms with van der Waals surface area (Å²) >= 11 is 0. The summed E-state index contributed by atoms with van der Waals surface area (Å²) in [6, 6.07) is 0.144. The molecule has 1 rings (SSSR count). The van der Waals surface area contributed by atoms with E-state index in [9.17, 15) is 5.11 Å². The van der Waals surface area contributed by atoms with E-state index in [-0.39, 0.29) is 17.7 Å². The lowest BCUT2D eigenvalue weighted by molar-refractivity contribution is 0.0844. The van der Waals surface area contributed by atoms with E-state index in [1.165, 1.54) is 0 Å². The Morgan fingerprint density at radius 3 is 2.43 bits per heavy atom. The van der Waals surface area contributed by atoms with Gasteiger partial charge in [0.25, 0.3) is 0 Å². The zero-order valence-corrected chi connectivity index (χ0v) is 9.83. The van der Waals surface area contributed by atoms with Crippen LogP contribution in [0.15, 0.2) is 0 Å². The summed E-state index contributed by atoms with van der Waals surface area (Å²) in [6.07, 6.45) is 0.851. The highest BCUT2D eigenvalue weighted by atomic mass is 16.3. The standard InChI is InChI=1S/C11H24N2O/c1-5-11(4,9(3)12)13-6-8(2)10(14)7-13/h8-10,14H,5-7,12H2,1-4H3. The minimum atomic E-state index is -0.181. The Hall–Kier alpha value is -0.120. The third kappa shape index (κ3) is 1.95. The van der Waals surface area contributed by atoms with Crippen LogP contribution in [-0.2, 0) is 0 Å². The van der Waals surface area contributed by atoms with Crippen molar-refractivity contribution in [3.8, 4) is 0 Å². The van der Waals surface area contributed by atoms with Gasteiger partial charge in [-0.15, -0.1) is 0 Å². The number of β-amino-alcohol motifs (C(OH)–C–C–N with tert-alkyl or cyclic N) is 1. The first-order valence-electron chi connectivity index (χ1n) is 5.60. The number of nitrogens with two attached hydrogens (primary N) is 1. The van der Waals surface area contributed by atoms with Gasteiger partial charge in [0.1, 0.15) is 0 Å². The molecule has 1 saturated heterocycles. The molecular weight excluding hydrogens is 176 g/mol. The summed E-state index contributed by atoms with van der Waals surface area (Å²) < 4.78 is 0. The Labute approximate surface area is 87.3 Å². The molecule has 0 spiro atoms. The lowest BCUT2D eigenvalue weighted by atomic mass is 9.89. The molecule has 1 aliphatic rings. The van der Waals surface area contributed by atoms with Crippen molar-refractivity contribution in [3.63, 3.8) is 0 Å². The van der Waals surface area contributed by atoms with E-state index in [2.05, 4.69) is 32.6 Å². The molecule has 14 heavy (non-hydrogen) atoms. The van der Waals surface area contributed by atoms with Crippen LogP contribution in [0.25, 0.3) is 0 Å². The highest BCUT2D eigenvalue weighted by Gasteiger charge is 2.40. The first-order chi connectivity index (χ1) is 6.41. The Morgan fingerprint density at radius 2 is 2.14 bits per heavy atom. The molecule has 0 radical (unpaired) electrons. The summed E-state index contributed by atoms with van der Waals surface area (Å²) in [6.45, 7) is 10.3. The van der Waals surface area contributed by atoms with Gasteiger partial charge in [0.15, 0.2) is 0 Å². The van der Waals surface area contributed by atoms with Crippen molar-refractivity contribution < 1.29 is 5.11 Å². The van der Waals surface area contributed by atoms with Crippen molar-refractivity contribution >= 4 is 0 Å². The first-order valence-corrected chi connectivity index (χ1v) is 5.60. The van der Waals surface area contributed by atoms with Gasteiger partial charge >= 0.3 is 0 Å². The summed E-state index contributed by atoms with van der Waals surface area (Å²) in [7, 11) is 0. The van der Waals surface area contributed by atoms with Gasteiger partial charge in [-0.2, -0.15) is 0 Å². The molecule has 0 amide bonds. The van der Waals surface area contributed by atoms with Gasteiger partial charge in [0, 0.05) is 24.7 Å². The second-order valence-corrected chi connectivity index (χ2v) is 4.95. The molecule has 1 aliphatic heterocycles. The Morgan fingerprint density at radius 1 is 1.57 bits per heavy atom. The summed E-state index contributed by atoms with van der Waals surface area (Å²) in [5.41, 5.74) is 6.06. The van der Waals surface area contributed by atoms with E-state index in [0.29, 0.717) is 5.92 Å². The van der Waals surface area contributed by atoms with Crippen LogP contribution in [0.1, 0.15) is 34.1 Å². The van der Waals surface area contributed by atoms with Gasteiger partial charge in [-0.3, -0.25) is 4.90 Å². The van der Waals surface area contributed by atoms with Crippen molar-refractivity contribution in [2.45, 2.75) is 51.8 Å². The van der Waals surface area contributed by atoms with Crippen molar-refractivity contribution in [2.75, 3.05) is 13.1 Å². The van der Waals surface area contributed by atoms with E-state index in [1.54, 1.807) is 0 Å². The molecule has 4 unspecified atom stereocenters. The smallest absolute Gasteiger partial charge is 0.0705 e. The molecule has 4 atom stereocenters. The third-order valence-corrected chi connectivity index (χ3v) is 3.99. The van der Waals surface area contributed by atoms with Crippen LogP contribution in [0.5, 0.6) is 0 Å². The molecular formula is C11H24N2O. The van der Waals surface area contributed by atoms with Crippen LogP contribution in [0.3, 0.4) is 0 Å². The SMILES string of the molecule is CCC(C)(C(C)N)N1CC(C)C(O)C1. The second-order valence-electron chi connectivity index (χ2n) is 4.95. The van der Waals surface area contributed by atoms with Gasteiger partial charge in [0.2, 0.25) is 0 Å². The topological polar surface area (TPSA) is 49.5 Å². The maximum absolute atomic E-state index is 9.73. The zero-order chi connectivity index (χ0) is 10.9. The van der Waals surface area contributed by atoms with Crippen LogP contribution in [0.4, 0.5) is 0 Å². The van der Waals surface area contributed by atoms with E-state index in [1.807, 2.05) is 0 Å².